The SMILES string of the molecule is Cc1ccc(NC(=O)CSc2ccc(NC(=O)c3cccc(F)c3)nn2)c(C)c1. The van der Waals surface area contributed by atoms with Crippen molar-refractivity contribution in [2.75, 3.05) is 16.4 Å². The van der Waals surface area contributed by atoms with Crippen LogP contribution in [0.3, 0.4) is 0 Å². The third kappa shape index (κ3) is 5.86. The number of anilines is 2. The van der Waals surface area contributed by atoms with Gasteiger partial charge in [0.15, 0.2) is 5.82 Å². The van der Waals surface area contributed by atoms with Gasteiger partial charge >= 0.3 is 0 Å². The van der Waals surface area contributed by atoms with Crippen molar-refractivity contribution in [2.45, 2.75) is 18.9 Å². The van der Waals surface area contributed by atoms with E-state index in [0.29, 0.717) is 5.03 Å². The molecule has 0 fully saturated rings. The quantitative estimate of drug-likeness (QED) is 0.595. The van der Waals surface area contributed by atoms with Crippen LogP contribution in [0, 0.1) is 19.7 Å². The van der Waals surface area contributed by atoms with E-state index in [0.717, 1.165) is 22.9 Å². The van der Waals surface area contributed by atoms with Crippen LogP contribution in [0.25, 0.3) is 0 Å². The van der Waals surface area contributed by atoms with E-state index < -0.39 is 11.7 Å². The zero-order valence-electron chi connectivity index (χ0n) is 15.9. The second-order valence-electron chi connectivity index (χ2n) is 6.38. The van der Waals surface area contributed by atoms with Gasteiger partial charge in [-0.25, -0.2) is 4.39 Å². The van der Waals surface area contributed by atoms with Gasteiger partial charge in [-0.2, -0.15) is 0 Å². The average Bonchev–Trinajstić information content (AvgIpc) is 2.69. The summed E-state index contributed by atoms with van der Waals surface area (Å²) in [4.78, 5) is 24.2. The molecule has 0 aliphatic carbocycles. The minimum Gasteiger partial charge on any atom is -0.325 e. The van der Waals surface area contributed by atoms with Gasteiger partial charge in [0.05, 0.1) is 5.75 Å². The molecular weight excluding hydrogens is 391 g/mol. The predicted molar refractivity (Wildman–Crippen MR) is 112 cm³/mol. The van der Waals surface area contributed by atoms with E-state index in [9.17, 15) is 14.0 Å². The highest BCUT2D eigenvalue weighted by atomic mass is 32.2. The number of aryl methyl sites for hydroxylation is 2. The Labute approximate surface area is 171 Å². The first-order valence-electron chi connectivity index (χ1n) is 8.81. The van der Waals surface area contributed by atoms with Crippen LogP contribution in [-0.2, 0) is 4.79 Å². The molecule has 0 spiro atoms. The second-order valence-corrected chi connectivity index (χ2v) is 7.37. The van der Waals surface area contributed by atoms with Crippen LogP contribution in [0.5, 0.6) is 0 Å². The number of nitrogens with zero attached hydrogens (tertiary/aromatic N) is 2. The first-order chi connectivity index (χ1) is 13.9. The van der Waals surface area contributed by atoms with Gasteiger partial charge in [0.1, 0.15) is 10.8 Å². The lowest BCUT2D eigenvalue weighted by atomic mass is 10.1. The van der Waals surface area contributed by atoms with Crippen LogP contribution in [-0.4, -0.2) is 27.8 Å². The highest BCUT2D eigenvalue weighted by Crippen LogP contribution is 2.19. The highest BCUT2D eigenvalue weighted by Gasteiger charge is 2.10. The monoisotopic (exact) mass is 410 g/mol. The fourth-order valence-corrected chi connectivity index (χ4v) is 3.18. The molecule has 6 nitrogen and oxygen atoms in total. The Bertz CT molecular complexity index is 1040. The smallest absolute Gasteiger partial charge is 0.256 e. The third-order valence-electron chi connectivity index (χ3n) is 3.98. The molecule has 0 aliphatic heterocycles. The molecule has 0 aliphatic rings. The Morgan fingerprint density at radius 3 is 2.52 bits per heavy atom. The lowest BCUT2D eigenvalue weighted by Crippen LogP contribution is -2.15. The molecule has 2 N–H and O–H groups in total. The van der Waals surface area contributed by atoms with E-state index in [2.05, 4.69) is 20.8 Å². The highest BCUT2D eigenvalue weighted by molar-refractivity contribution is 7.99. The summed E-state index contributed by atoms with van der Waals surface area (Å²) in [6.07, 6.45) is 0. The lowest BCUT2D eigenvalue weighted by molar-refractivity contribution is -0.113. The Kier molecular flexibility index (Phi) is 6.56. The molecule has 0 saturated carbocycles. The van der Waals surface area contributed by atoms with Gasteiger partial charge in [0.2, 0.25) is 5.91 Å². The number of rotatable bonds is 6. The van der Waals surface area contributed by atoms with Gasteiger partial charge in [0, 0.05) is 11.3 Å². The normalized spacial score (nSPS) is 10.4. The van der Waals surface area contributed by atoms with Gasteiger partial charge < -0.3 is 10.6 Å². The summed E-state index contributed by atoms with van der Waals surface area (Å²) < 4.78 is 13.2. The number of nitrogens with one attached hydrogen (secondary N) is 2. The molecule has 3 rings (SSSR count). The number of thioether (sulfide) groups is 1. The molecule has 0 atom stereocenters. The maximum absolute atomic E-state index is 13.2. The Morgan fingerprint density at radius 2 is 1.83 bits per heavy atom. The number of carbonyl (C=O) groups is 2. The lowest BCUT2D eigenvalue weighted by Gasteiger charge is -2.09. The van der Waals surface area contributed by atoms with E-state index >= 15 is 0 Å². The van der Waals surface area contributed by atoms with Crippen molar-refractivity contribution in [3.63, 3.8) is 0 Å². The van der Waals surface area contributed by atoms with Gasteiger partial charge in [-0.3, -0.25) is 9.59 Å². The maximum atomic E-state index is 13.2. The van der Waals surface area contributed by atoms with Gasteiger partial charge in [0.25, 0.3) is 5.91 Å². The minimum atomic E-state index is -0.491. The molecule has 0 radical (unpaired) electrons. The van der Waals surface area contributed by atoms with Crippen molar-refractivity contribution >= 4 is 35.1 Å². The summed E-state index contributed by atoms with van der Waals surface area (Å²) in [5.74, 6) is -0.700. The number of hydrogen-bond acceptors (Lipinski definition) is 5. The molecule has 29 heavy (non-hydrogen) atoms. The maximum Gasteiger partial charge on any atom is 0.256 e. The summed E-state index contributed by atoms with van der Waals surface area (Å²) >= 11 is 1.23. The van der Waals surface area contributed by atoms with Gasteiger partial charge in [-0.1, -0.05) is 35.5 Å². The number of hydrogen-bond donors (Lipinski definition) is 2. The average molecular weight is 410 g/mol. The number of benzene rings is 2. The van der Waals surface area contributed by atoms with Crippen LogP contribution in [0.4, 0.5) is 15.9 Å². The first-order valence-corrected chi connectivity index (χ1v) is 9.80. The van der Waals surface area contributed by atoms with E-state index in [-0.39, 0.29) is 23.0 Å². The molecule has 0 bridgehead atoms. The van der Waals surface area contributed by atoms with Gasteiger partial charge in [-0.05, 0) is 55.8 Å². The van der Waals surface area contributed by atoms with E-state index in [1.807, 2.05) is 32.0 Å². The number of aromatic nitrogens is 2. The van der Waals surface area contributed by atoms with Crippen LogP contribution in [0.1, 0.15) is 21.5 Å². The largest absolute Gasteiger partial charge is 0.325 e. The van der Waals surface area contributed by atoms with Crippen LogP contribution >= 0.6 is 11.8 Å². The number of amides is 2. The second kappa shape index (κ2) is 9.29. The van der Waals surface area contributed by atoms with Crippen molar-refractivity contribution in [3.8, 4) is 0 Å². The van der Waals surface area contributed by atoms with Crippen molar-refractivity contribution in [1.29, 1.82) is 0 Å². The fraction of sp³-hybridized carbons (Fsp3) is 0.143. The number of carbonyl (C=O) groups excluding carboxylic acids is 2. The zero-order valence-corrected chi connectivity index (χ0v) is 16.7. The Morgan fingerprint density at radius 1 is 1.00 bits per heavy atom. The molecular formula is C21H19FN4O2S. The van der Waals surface area contributed by atoms with E-state index in [1.165, 1.54) is 30.0 Å². The zero-order chi connectivity index (χ0) is 20.8. The van der Waals surface area contributed by atoms with Crippen molar-refractivity contribution < 1.29 is 14.0 Å². The van der Waals surface area contributed by atoms with Crippen molar-refractivity contribution in [1.82, 2.24) is 10.2 Å². The molecule has 148 valence electrons. The fourth-order valence-electron chi connectivity index (χ4n) is 2.56. The minimum absolute atomic E-state index is 0.146. The number of halogens is 1. The molecule has 8 heteroatoms. The van der Waals surface area contributed by atoms with Crippen LogP contribution in [0.2, 0.25) is 0 Å². The third-order valence-corrected chi connectivity index (χ3v) is 4.90. The van der Waals surface area contributed by atoms with Crippen molar-refractivity contribution in [3.05, 3.63) is 77.1 Å². The summed E-state index contributed by atoms with van der Waals surface area (Å²) in [7, 11) is 0. The molecule has 1 heterocycles. The Balaban J connectivity index is 1.52. The molecule has 0 saturated heterocycles. The summed E-state index contributed by atoms with van der Waals surface area (Å²) in [6, 6.07) is 14.4. The standard InChI is InChI=1S/C21H19FN4O2S/c1-13-6-7-17(14(2)10-13)23-19(27)12-29-20-9-8-18(25-26-20)24-21(28)15-4-3-5-16(22)11-15/h3-11H,12H2,1-2H3,(H,23,27)(H,24,25,28). The topological polar surface area (TPSA) is 84.0 Å². The Hall–Kier alpha value is -3.26. The van der Waals surface area contributed by atoms with Crippen LogP contribution < -0.4 is 10.6 Å². The van der Waals surface area contributed by atoms with Crippen molar-refractivity contribution in [2.24, 2.45) is 0 Å². The molecule has 2 amide bonds. The van der Waals surface area contributed by atoms with Gasteiger partial charge in [-0.15, -0.1) is 10.2 Å². The molecule has 3 aromatic rings. The summed E-state index contributed by atoms with van der Waals surface area (Å²) in [5.41, 5.74) is 3.10. The summed E-state index contributed by atoms with van der Waals surface area (Å²) in [5, 5.41) is 13.9. The summed E-state index contributed by atoms with van der Waals surface area (Å²) in [6.45, 7) is 3.94. The predicted octanol–water partition coefficient (Wildman–Crippen LogP) is 4.22. The van der Waals surface area contributed by atoms with Crippen LogP contribution in [0.15, 0.2) is 59.6 Å². The molecule has 1 aromatic heterocycles. The van der Waals surface area contributed by atoms with E-state index in [4.69, 9.17) is 0 Å². The first kappa shape index (κ1) is 20.5. The molecule has 0 unspecified atom stereocenters. The van der Waals surface area contributed by atoms with E-state index in [1.54, 1.807) is 12.1 Å². The molecule has 2 aromatic carbocycles.